The Balaban J connectivity index is 2.23. The Morgan fingerprint density at radius 3 is 2.42 bits per heavy atom. The highest BCUT2D eigenvalue weighted by molar-refractivity contribution is 5.72. The first-order valence-electron chi connectivity index (χ1n) is 8.63. The van der Waals surface area contributed by atoms with Crippen LogP contribution in [0.4, 0.5) is 5.69 Å². The third kappa shape index (κ3) is 3.12. The number of aliphatic hydroxyl groups is 1. The number of nitrogens with one attached hydrogen (secondary N) is 1. The molecule has 6 heteroatoms. The Morgan fingerprint density at radius 2 is 1.77 bits per heavy atom. The maximum absolute atomic E-state index is 10.4. The van der Waals surface area contributed by atoms with Crippen molar-refractivity contribution in [3.8, 4) is 23.0 Å². The van der Waals surface area contributed by atoms with Crippen LogP contribution in [0, 0.1) is 0 Å². The first kappa shape index (κ1) is 18.2. The van der Waals surface area contributed by atoms with Crippen molar-refractivity contribution in [2.24, 2.45) is 0 Å². The zero-order valence-corrected chi connectivity index (χ0v) is 15.5. The molecule has 0 saturated heterocycles. The minimum absolute atomic E-state index is 0.112. The average Bonchev–Trinajstić information content (AvgIpc) is 2.66. The van der Waals surface area contributed by atoms with E-state index in [1.165, 1.54) is 0 Å². The number of ether oxygens (including phenoxy) is 4. The predicted octanol–water partition coefficient (Wildman–Crippen LogP) is 3.38. The number of para-hydroxylation sites is 1. The number of methoxy groups -OCH3 is 3. The summed E-state index contributed by atoms with van der Waals surface area (Å²) in [6.45, 7) is 2.52. The van der Waals surface area contributed by atoms with E-state index in [0.29, 0.717) is 30.3 Å². The van der Waals surface area contributed by atoms with Crippen LogP contribution in [0.5, 0.6) is 23.0 Å². The zero-order valence-electron chi connectivity index (χ0n) is 15.5. The van der Waals surface area contributed by atoms with Crippen molar-refractivity contribution in [1.29, 1.82) is 0 Å². The minimum atomic E-state index is -0.690. The quantitative estimate of drug-likeness (QED) is 0.824. The van der Waals surface area contributed by atoms with E-state index in [1.54, 1.807) is 21.3 Å². The van der Waals surface area contributed by atoms with Gasteiger partial charge in [0.2, 0.25) is 5.75 Å². The molecule has 2 unspecified atom stereocenters. The third-order valence-electron chi connectivity index (χ3n) is 4.59. The number of fused-ring (bicyclic) bond motifs is 1. The summed E-state index contributed by atoms with van der Waals surface area (Å²) in [5.74, 6) is 2.36. The summed E-state index contributed by atoms with van der Waals surface area (Å²) in [7, 11) is 4.76. The first-order valence-corrected chi connectivity index (χ1v) is 8.63. The molecule has 2 aromatic carbocycles. The molecular formula is C20H25NO5. The lowest BCUT2D eigenvalue weighted by Gasteiger charge is -2.33. The van der Waals surface area contributed by atoms with E-state index in [1.807, 2.05) is 37.3 Å². The van der Waals surface area contributed by atoms with Crippen LogP contribution in [0.3, 0.4) is 0 Å². The number of aliphatic hydroxyl groups excluding tert-OH is 1. The van der Waals surface area contributed by atoms with Crippen LogP contribution >= 0.6 is 0 Å². The molecule has 0 bridgehead atoms. The van der Waals surface area contributed by atoms with Crippen LogP contribution < -0.4 is 24.3 Å². The van der Waals surface area contributed by atoms with Gasteiger partial charge in [0.1, 0.15) is 12.0 Å². The third-order valence-corrected chi connectivity index (χ3v) is 4.59. The second-order valence-corrected chi connectivity index (χ2v) is 6.03. The van der Waals surface area contributed by atoms with Gasteiger partial charge >= 0.3 is 0 Å². The Labute approximate surface area is 153 Å². The SMILES string of the molecule is CCOc1ccccc1C1CC(O)Nc2cc(OC)c(OC)c(OC)c21. The molecule has 0 amide bonds. The monoisotopic (exact) mass is 359 g/mol. The highest BCUT2D eigenvalue weighted by Crippen LogP contribution is 2.52. The molecule has 1 aliphatic rings. The summed E-state index contributed by atoms with van der Waals surface area (Å²) in [4.78, 5) is 0. The van der Waals surface area contributed by atoms with Crippen LogP contribution in [0.2, 0.25) is 0 Å². The van der Waals surface area contributed by atoms with E-state index in [0.717, 1.165) is 22.6 Å². The first-order chi connectivity index (χ1) is 12.6. The lowest BCUT2D eigenvalue weighted by molar-refractivity contribution is 0.180. The van der Waals surface area contributed by atoms with Gasteiger partial charge < -0.3 is 29.4 Å². The van der Waals surface area contributed by atoms with Crippen molar-refractivity contribution in [2.45, 2.75) is 25.5 Å². The summed E-state index contributed by atoms with van der Waals surface area (Å²) in [5, 5.41) is 13.5. The Bertz CT molecular complexity index is 777. The van der Waals surface area contributed by atoms with Crippen LogP contribution in [0.15, 0.2) is 30.3 Å². The van der Waals surface area contributed by atoms with Gasteiger partial charge in [-0.15, -0.1) is 0 Å². The number of anilines is 1. The van der Waals surface area contributed by atoms with Crippen LogP contribution in [0.1, 0.15) is 30.4 Å². The molecule has 2 atom stereocenters. The van der Waals surface area contributed by atoms with Crippen molar-refractivity contribution in [2.75, 3.05) is 33.3 Å². The smallest absolute Gasteiger partial charge is 0.203 e. The second-order valence-electron chi connectivity index (χ2n) is 6.03. The van der Waals surface area contributed by atoms with Crippen molar-refractivity contribution in [3.05, 3.63) is 41.5 Å². The van der Waals surface area contributed by atoms with Gasteiger partial charge in [0.25, 0.3) is 0 Å². The van der Waals surface area contributed by atoms with Gasteiger partial charge in [0, 0.05) is 35.2 Å². The van der Waals surface area contributed by atoms with Crippen molar-refractivity contribution in [1.82, 2.24) is 0 Å². The topological polar surface area (TPSA) is 69.2 Å². The van der Waals surface area contributed by atoms with Gasteiger partial charge in [-0.1, -0.05) is 18.2 Å². The molecule has 1 aliphatic heterocycles. The molecule has 0 saturated carbocycles. The van der Waals surface area contributed by atoms with Crippen LogP contribution in [-0.2, 0) is 0 Å². The molecule has 0 aromatic heterocycles. The van der Waals surface area contributed by atoms with Crippen molar-refractivity contribution < 1.29 is 24.1 Å². The molecule has 26 heavy (non-hydrogen) atoms. The molecule has 2 N–H and O–H groups in total. The van der Waals surface area contributed by atoms with Gasteiger partial charge in [-0.3, -0.25) is 0 Å². The summed E-state index contributed by atoms with van der Waals surface area (Å²) in [6, 6.07) is 9.71. The highest BCUT2D eigenvalue weighted by atomic mass is 16.5. The fourth-order valence-electron chi connectivity index (χ4n) is 3.56. The number of rotatable bonds is 6. The van der Waals surface area contributed by atoms with Gasteiger partial charge in [0.15, 0.2) is 11.5 Å². The van der Waals surface area contributed by atoms with Gasteiger partial charge in [-0.05, 0) is 13.0 Å². The highest BCUT2D eigenvalue weighted by Gasteiger charge is 2.34. The normalized spacial score (nSPS) is 18.5. The van der Waals surface area contributed by atoms with Crippen LogP contribution in [0.25, 0.3) is 0 Å². The van der Waals surface area contributed by atoms with Gasteiger partial charge in [0.05, 0.1) is 27.9 Å². The summed E-state index contributed by atoms with van der Waals surface area (Å²) in [5.41, 5.74) is 2.68. The lowest BCUT2D eigenvalue weighted by Crippen LogP contribution is -2.29. The molecule has 3 rings (SSSR count). The van der Waals surface area contributed by atoms with Crippen molar-refractivity contribution in [3.63, 3.8) is 0 Å². The van der Waals surface area contributed by atoms with Gasteiger partial charge in [-0.2, -0.15) is 0 Å². The maximum Gasteiger partial charge on any atom is 0.203 e. The van der Waals surface area contributed by atoms with Crippen molar-refractivity contribution >= 4 is 5.69 Å². The Kier molecular flexibility index (Phi) is 5.42. The van der Waals surface area contributed by atoms with E-state index < -0.39 is 6.23 Å². The van der Waals surface area contributed by atoms with E-state index in [4.69, 9.17) is 18.9 Å². The van der Waals surface area contributed by atoms with E-state index in [9.17, 15) is 5.11 Å². The fourth-order valence-corrected chi connectivity index (χ4v) is 3.56. The Hall–Kier alpha value is -2.60. The standard InChI is InChI=1S/C20H25NO5/c1-5-26-15-9-7-6-8-12(15)13-10-17(22)21-14-11-16(23-2)19(24-3)20(25-4)18(13)14/h6-9,11,13,17,21-22H,5,10H2,1-4H3. The van der Waals surface area contributed by atoms with Gasteiger partial charge in [-0.25, -0.2) is 0 Å². The molecule has 6 nitrogen and oxygen atoms in total. The maximum atomic E-state index is 10.4. The zero-order chi connectivity index (χ0) is 18.7. The fraction of sp³-hybridized carbons (Fsp3) is 0.400. The number of hydrogen-bond acceptors (Lipinski definition) is 6. The number of benzene rings is 2. The molecule has 0 radical (unpaired) electrons. The molecule has 0 spiro atoms. The minimum Gasteiger partial charge on any atom is -0.494 e. The molecule has 1 heterocycles. The molecule has 140 valence electrons. The Morgan fingerprint density at radius 1 is 1.04 bits per heavy atom. The molecular weight excluding hydrogens is 334 g/mol. The molecule has 0 aliphatic carbocycles. The van der Waals surface area contributed by atoms with E-state index >= 15 is 0 Å². The summed E-state index contributed by atoms with van der Waals surface area (Å²) < 4.78 is 22.5. The summed E-state index contributed by atoms with van der Waals surface area (Å²) in [6.07, 6.45) is -0.201. The summed E-state index contributed by atoms with van der Waals surface area (Å²) >= 11 is 0. The van der Waals surface area contributed by atoms with E-state index in [2.05, 4.69) is 5.32 Å². The predicted molar refractivity (Wildman–Crippen MR) is 99.8 cm³/mol. The lowest BCUT2D eigenvalue weighted by atomic mass is 9.83. The average molecular weight is 359 g/mol. The molecule has 0 fully saturated rings. The number of hydrogen-bond donors (Lipinski definition) is 2. The molecule has 2 aromatic rings. The van der Waals surface area contributed by atoms with E-state index in [-0.39, 0.29) is 5.92 Å². The van der Waals surface area contributed by atoms with Crippen LogP contribution in [-0.4, -0.2) is 39.3 Å². The largest absolute Gasteiger partial charge is 0.494 e. The second kappa shape index (κ2) is 7.74.